The maximum absolute atomic E-state index is 12.9. The van der Waals surface area contributed by atoms with Gasteiger partial charge in [-0.1, -0.05) is 20.3 Å². The van der Waals surface area contributed by atoms with Gasteiger partial charge in [-0.3, -0.25) is 19.2 Å². The van der Waals surface area contributed by atoms with Gasteiger partial charge in [0.1, 0.15) is 18.1 Å². The number of aliphatic carboxylic acids is 2. The lowest BCUT2D eigenvalue weighted by atomic mass is 9.98. The normalized spacial score (nSPS) is 16.3. The van der Waals surface area contributed by atoms with E-state index in [2.05, 4.69) is 25.9 Å². The molecule has 0 aliphatic carbocycles. The zero-order valence-corrected chi connectivity index (χ0v) is 19.1. The fourth-order valence-electron chi connectivity index (χ4n) is 2.90. The van der Waals surface area contributed by atoms with Crippen LogP contribution in [0.1, 0.15) is 39.3 Å². The Morgan fingerprint density at radius 2 is 1.65 bits per heavy atom. The molecule has 1 aromatic heterocycles. The molecule has 1 aromatic rings. The molecule has 14 heteroatoms. The van der Waals surface area contributed by atoms with Crippen LogP contribution < -0.4 is 21.7 Å². The van der Waals surface area contributed by atoms with Crippen molar-refractivity contribution in [3.05, 3.63) is 18.2 Å². The lowest BCUT2D eigenvalue weighted by molar-refractivity contribution is -0.147. The van der Waals surface area contributed by atoms with Gasteiger partial charge in [0, 0.05) is 18.3 Å². The van der Waals surface area contributed by atoms with Gasteiger partial charge in [0.05, 0.1) is 24.9 Å². The summed E-state index contributed by atoms with van der Waals surface area (Å²) < 4.78 is 0. The van der Waals surface area contributed by atoms with Crippen LogP contribution in [-0.4, -0.2) is 85.2 Å². The highest BCUT2D eigenvalue weighted by atomic mass is 16.4. The molecular formula is C20H32N6O8. The van der Waals surface area contributed by atoms with Crippen molar-refractivity contribution in [2.45, 2.75) is 70.3 Å². The molecular weight excluding hydrogens is 452 g/mol. The fraction of sp³-hybridized carbons (Fsp3) is 0.600. The number of nitrogens with zero attached hydrogens (tertiary/aromatic N) is 1. The van der Waals surface area contributed by atoms with E-state index in [1.54, 1.807) is 6.92 Å². The van der Waals surface area contributed by atoms with Gasteiger partial charge in [-0.15, -0.1) is 0 Å². The van der Waals surface area contributed by atoms with Crippen LogP contribution in [0.4, 0.5) is 0 Å². The SMILES string of the molecule is CCC(C)C(N)C(=O)NC(C(=O)NC(Cc1cnc[nH]1)C(=O)NC(CC(=O)O)C(=O)O)C(C)O. The van der Waals surface area contributed by atoms with Crippen LogP contribution in [0.25, 0.3) is 0 Å². The predicted molar refractivity (Wildman–Crippen MR) is 117 cm³/mol. The van der Waals surface area contributed by atoms with E-state index in [1.807, 2.05) is 6.92 Å². The summed E-state index contributed by atoms with van der Waals surface area (Å²) in [5.74, 6) is -5.80. The number of aliphatic hydroxyl groups excluding tert-OH is 1. The van der Waals surface area contributed by atoms with E-state index in [4.69, 9.17) is 10.8 Å². The van der Waals surface area contributed by atoms with Crippen molar-refractivity contribution in [1.29, 1.82) is 0 Å². The highest BCUT2D eigenvalue weighted by Crippen LogP contribution is 2.07. The minimum atomic E-state index is -1.74. The summed E-state index contributed by atoms with van der Waals surface area (Å²) in [7, 11) is 0. The fourth-order valence-corrected chi connectivity index (χ4v) is 2.90. The Kier molecular flexibility index (Phi) is 11.1. The molecule has 0 aliphatic heterocycles. The molecule has 1 rings (SSSR count). The van der Waals surface area contributed by atoms with Gasteiger partial charge in [0.25, 0.3) is 0 Å². The number of carboxylic acid groups (broad SMARTS) is 2. The van der Waals surface area contributed by atoms with Crippen LogP contribution in [-0.2, 0) is 30.4 Å². The summed E-state index contributed by atoms with van der Waals surface area (Å²) in [5, 5.41) is 34.9. The first-order valence-electron chi connectivity index (χ1n) is 10.6. The van der Waals surface area contributed by atoms with Crippen LogP contribution in [0.15, 0.2) is 12.5 Å². The maximum Gasteiger partial charge on any atom is 0.326 e. The van der Waals surface area contributed by atoms with Gasteiger partial charge in [-0.2, -0.15) is 0 Å². The second-order valence-corrected chi connectivity index (χ2v) is 7.98. The van der Waals surface area contributed by atoms with Crippen molar-refractivity contribution in [2.75, 3.05) is 0 Å². The third-order valence-electron chi connectivity index (χ3n) is 5.23. The van der Waals surface area contributed by atoms with E-state index >= 15 is 0 Å². The highest BCUT2D eigenvalue weighted by Gasteiger charge is 2.33. The van der Waals surface area contributed by atoms with Crippen LogP contribution in [0.5, 0.6) is 0 Å². The predicted octanol–water partition coefficient (Wildman–Crippen LogP) is -2.28. The smallest absolute Gasteiger partial charge is 0.326 e. The van der Waals surface area contributed by atoms with Crippen LogP contribution in [0.3, 0.4) is 0 Å². The molecule has 6 unspecified atom stereocenters. The van der Waals surface area contributed by atoms with Crippen molar-refractivity contribution in [2.24, 2.45) is 11.7 Å². The van der Waals surface area contributed by atoms with Crippen LogP contribution in [0, 0.1) is 5.92 Å². The van der Waals surface area contributed by atoms with Gasteiger partial charge < -0.3 is 42.0 Å². The molecule has 190 valence electrons. The van der Waals surface area contributed by atoms with E-state index in [1.165, 1.54) is 19.4 Å². The topological polar surface area (TPSA) is 237 Å². The molecule has 0 saturated heterocycles. The third kappa shape index (κ3) is 8.78. The number of carbonyl (C=O) groups is 5. The molecule has 14 nitrogen and oxygen atoms in total. The van der Waals surface area contributed by atoms with Crippen molar-refractivity contribution in [3.8, 4) is 0 Å². The zero-order chi connectivity index (χ0) is 26.0. The molecule has 0 radical (unpaired) electrons. The van der Waals surface area contributed by atoms with Gasteiger partial charge in [-0.05, 0) is 12.8 Å². The monoisotopic (exact) mass is 484 g/mol. The zero-order valence-electron chi connectivity index (χ0n) is 19.1. The van der Waals surface area contributed by atoms with Crippen LogP contribution >= 0.6 is 0 Å². The molecule has 0 saturated carbocycles. The van der Waals surface area contributed by atoms with Crippen molar-refractivity contribution in [3.63, 3.8) is 0 Å². The average molecular weight is 485 g/mol. The summed E-state index contributed by atoms with van der Waals surface area (Å²) in [6.45, 7) is 4.85. The molecule has 0 aromatic carbocycles. The Morgan fingerprint density at radius 1 is 1.03 bits per heavy atom. The summed E-state index contributed by atoms with van der Waals surface area (Å²) in [5.41, 5.74) is 6.28. The minimum Gasteiger partial charge on any atom is -0.481 e. The lowest BCUT2D eigenvalue weighted by Crippen LogP contribution is -2.60. The average Bonchev–Trinajstić information content (AvgIpc) is 3.27. The standard InChI is InChI=1S/C20H32N6O8/c1-4-9(2)15(21)18(31)26-16(10(3)27)19(32)24-12(5-11-7-22-8-23-11)17(30)25-13(20(33)34)6-14(28)29/h7-10,12-13,15-16,27H,4-6,21H2,1-3H3,(H,22,23)(H,24,32)(H,25,30)(H,26,31)(H,28,29)(H,33,34). The molecule has 9 N–H and O–H groups in total. The Hall–Kier alpha value is -3.52. The maximum atomic E-state index is 12.9. The molecule has 6 atom stereocenters. The van der Waals surface area contributed by atoms with Crippen molar-refractivity contribution >= 4 is 29.7 Å². The summed E-state index contributed by atoms with van der Waals surface area (Å²) in [6, 6.07) is -5.53. The molecule has 0 fully saturated rings. The van der Waals surface area contributed by atoms with Crippen molar-refractivity contribution < 1.29 is 39.3 Å². The third-order valence-corrected chi connectivity index (χ3v) is 5.23. The minimum absolute atomic E-state index is 0.163. The molecule has 3 amide bonds. The number of carboxylic acids is 2. The summed E-state index contributed by atoms with van der Waals surface area (Å²) in [6.07, 6.45) is 0.898. The van der Waals surface area contributed by atoms with Gasteiger partial charge in [-0.25, -0.2) is 9.78 Å². The Labute approximate surface area is 195 Å². The number of rotatable bonds is 14. The molecule has 0 aliphatic rings. The van der Waals surface area contributed by atoms with Gasteiger partial charge in [0.2, 0.25) is 17.7 Å². The van der Waals surface area contributed by atoms with E-state index < -0.39 is 66.4 Å². The molecule has 0 bridgehead atoms. The lowest BCUT2D eigenvalue weighted by Gasteiger charge is -2.27. The Morgan fingerprint density at radius 3 is 2.12 bits per heavy atom. The number of hydrogen-bond donors (Lipinski definition) is 8. The number of aromatic nitrogens is 2. The van der Waals surface area contributed by atoms with E-state index in [0.29, 0.717) is 12.1 Å². The second kappa shape index (κ2) is 13.3. The summed E-state index contributed by atoms with van der Waals surface area (Å²) in [4.78, 5) is 66.8. The molecule has 1 heterocycles. The molecule has 34 heavy (non-hydrogen) atoms. The first-order chi connectivity index (χ1) is 15.9. The number of nitrogens with one attached hydrogen (secondary N) is 4. The number of imidazole rings is 1. The van der Waals surface area contributed by atoms with E-state index in [-0.39, 0.29) is 12.3 Å². The largest absolute Gasteiger partial charge is 0.481 e. The number of aromatic amines is 1. The number of nitrogens with two attached hydrogens (primary N) is 1. The first kappa shape index (κ1) is 28.5. The van der Waals surface area contributed by atoms with E-state index in [9.17, 15) is 34.2 Å². The number of H-pyrrole nitrogens is 1. The summed E-state index contributed by atoms with van der Waals surface area (Å²) >= 11 is 0. The second-order valence-electron chi connectivity index (χ2n) is 7.98. The molecule has 0 spiro atoms. The highest BCUT2D eigenvalue weighted by molar-refractivity contribution is 5.95. The van der Waals surface area contributed by atoms with Crippen LogP contribution in [0.2, 0.25) is 0 Å². The quantitative estimate of drug-likeness (QED) is 0.141. The number of hydrogen-bond acceptors (Lipinski definition) is 8. The van der Waals surface area contributed by atoms with Gasteiger partial charge in [0.15, 0.2) is 0 Å². The number of carbonyl (C=O) groups excluding carboxylic acids is 3. The number of amides is 3. The Bertz CT molecular complexity index is 859. The van der Waals surface area contributed by atoms with E-state index in [0.717, 1.165) is 0 Å². The number of aliphatic hydroxyl groups is 1. The first-order valence-corrected chi connectivity index (χ1v) is 10.6. The van der Waals surface area contributed by atoms with Crippen molar-refractivity contribution in [1.82, 2.24) is 25.9 Å². The Balaban J connectivity index is 3.06. The van der Waals surface area contributed by atoms with Gasteiger partial charge >= 0.3 is 11.9 Å².